The summed E-state index contributed by atoms with van der Waals surface area (Å²) in [6.07, 6.45) is 0. The van der Waals surface area contributed by atoms with Crippen LogP contribution in [0.1, 0.15) is 17.2 Å². The molecule has 2 N–H and O–H groups in total. The van der Waals surface area contributed by atoms with Crippen LogP contribution >= 0.6 is 0 Å². The van der Waals surface area contributed by atoms with Gasteiger partial charge in [0.2, 0.25) is 0 Å². The Morgan fingerprint density at radius 1 is 1.15 bits per heavy atom. The number of ether oxygens (including phenoxy) is 1. The molecule has 138 valence electrons. The van der Waals surface area contributed by atoms with Crippen LogP contribution in [0.15, 0.2) is 48.5 Å². The number of rotatable bonds is 5. The molecule has 0 bridgehead atoms. The van der Waals surface area contributed by atoms with Gasteiger partial charge in [0.15, 0.2) is 0 Å². The molecule has 5 nitrogen and oxygen atoms in total. The molecular weight excluding hydrogens is 333 g/mol. The summed E-state index contributed by atoms with van der Waals surface area (Å²) in [4.78, 5) is 14.7. The van der Waals surface area contributed by atoms with Crippen molar-refractivity contribution >= 4 is 11.7 Å². The summed E-state index contributed by atoms with van der Waals surface area (Å²) in [7, 11) is 0. The number of hydrogen-bond acceptors (Lipinski definition) is 3. The van der Waals surface area contributed by atoms with E-state index in [0.717, 1.165) is 24.2 Å². The van der Waals surface area contributed by atoms with Gasteiger partial charge >= 0.3 is 6.03 Å². The van der Waals surface area contributed by atoms with E-state index in [2.05, 4.69) is 15.5 Å². The predicted molar refractivity (Wildman–Crippen MR) is 99.7 cm³/mol. The molecule has 1 aliphatic heterocycles. The maximum Gasteiger partial charge on any atom is 0.319 e. The van der Waals surface area contributed by atoms with Gasteiger partial charge in [-0.05, 0) is 24.6 Å². The summed E-state index contributed by atoms with van der Waals surface area (Å²) in [5, 5.41) is 5.57. The van der Waals surface area contributed by atoms with Crippen LogP contribution in [0, 0.1) is 12.7 Å². The van der Waals surface area contributed by atoms with E-state index >= 15 is 0 Å². The van der Waals surface area contributed by atoms with Crippen molar-refractivity contribution in [3.63, 3.8) is 0 Å². The van der Waals surface area contributed by atoms with Gasteiger partial charge in [0, 0.05) is 19.6 Å². The zero-order chi connectivity index (χ0) is 18.4. The lowest BCUT2D eigenvalue weighted by molar-refractivity contribution is 0.0340. The number of hydrogen-bond donors (Lipinski definition) is 2. The van der Waals surface area contributed by atoms with Crippen LogP contribution in [-0.4, -0.2) is 43.8 Å². The molecule has 1 atom stereocenters. The Morgan fingerprint density at radius 2 is 1.85 bits per heavy atom. The number of nitrogens with one attached hydrogen (secondary N) is 2. The Kier molecular flexibility index (Phi) is 6.20. The molecule has 2 aromatic rings. The molecule has 1 aliphatic rings. The Morgan fingerprint density at radius 3 is 2.54 bits per heavy atom. The van der Waals surface area contributed by atoms with Crippen LogP contribution < -0.4 is 10.6 Å². The Balaban J connectivity index is 1.70. The Labute approximate surface area is 153 Å². The predicted octanol–water partition coefficient (Wildman–Crippen LogP) is 3.33. The quantitative estimate of drug-likeness (QED) is 0.863. The van der Waals surface area contributed by atoms with Gasteiger partial charge in [-0.25, -0.2) is 9.18 Å². The van der Waals surface area contributed by atoms with Gasteiger partial charge in [0.05, 0.1) is 24.9 Å². The van der Waals surface area contributed by atoms with Crippen molar-refractivity contribution in [1.29, 1.82) is 0 Å². The van der Waals surface area contributed by atoms with E-state index in [-0.39, 0.29) is 11.7 Å². The number of halogens is 1. The third-order valence-corrected chi connectivity index (χ3v) is 4.45. The number of urea groups is 1. The van der Waals surface area contributed by atoms with E-state index in [1.807, 2.05) is 31.2 Å². The third kappa shape index (κ3) is 5.03. The molecule has 26 heavy (non-hydrogen) atoms. The largest absolute Gasteiger partial charge is 0.379 e. The fourth-order valence-electron chi connectivity index (χ4n) is 2.95. The number of benzene rings is 2. The number of morpholine rings is 1. The molecule has 0 aliphatic carbocycles. The van der Waals surface area contributed by atoms with Crippen LogP contribution in [0.4, 0.5) is 14.9 Å². The second-order valence-electron chi connectivity index (χ2n) is 6.45. The minimum absolute atomic E-state index is 0.166. The Hall–Kier alpha value is -2.44. The van der Waals surface area contributed by atoms with Crippen LogP contribution in [0.3, 0.4) is 0 Å². The number of carbonyl (C=O) groups is 1. The molecule has 1 fully saturated rings. The summed E-state index contributed by atoms with van der Waals surface area (Å²) in [5.74, 6) is -0.456. The first-order valence-corrected chi connectivity index (χ1v) is 8.80. The van der Waals surface area contributed by atoms with Crippen LogP contribution in [-0.2, 0) is 4.74 Å². The monoisotopic (exact) mass is 357 g/mol. The average Bonchev–Trinajstić information content (AvgIpc) is 2.65. The second-order valence-corrected chi connectivity index (χ2v) is 6.45. The fraction of sp³-hybridized carbons (Fsp3) is 0.350. The van der Waals surface area contributed by atoms with Crippen LogP contribution in [0.25, 0.3) is 0 Å². The highest BCUT2D eigenvalue weighted by atomic mass is 19.1. The highest BCUT2D eigenvalue weighted by Crippen LogP contribution is 2.18. The van der Waals surface area contributed by atoms with Gasteiger partial charge in [-0.2, -0.15) is 0 Å². The molecule has 2 aromatic carbocycles. The second kappa shape index (κ2) is 8.78. The number of amides is 2. The molecular formula is C20H24FN3O2. The summed E-state index contributed by atoms with van der Waals surface area (Å²) >= 11 is 0. The van der Waals surface area contributed by atoms with Crippen molar-refractivity contribution in [3.05, 3.63) is 65.5 Å². The highest BCUT2D eigenvalue weighted by Gasteiger charge is 2.20. The molecule has 1 saturated heterocycles. The van der Waals surface area contributed by atoms with Crippen molar-refractivity contribution in [2.75, 3.05) is 38.2 Å². The summed E-state index contributed by atoms with van der Waals surface area (Å²) in [5.41, 5.74) is 2.35. The van der Waals surface area contributed by atoms with Gasteiger partial charge in [0.1, 0.15) is 5.82 Å². The molecule has 0 spiro atoms. The first-order chi connectivity index (χ1) is 12.6. The van der Waals surface area contributed by atoms with Crippen LogP contribution in [0.2, 0.25) is 0 Å². The van der Waals surface area contributed by atoms with Crippen LogP contribution in [0.5, 0.6) is 0 Å². The van der Waals surface area contributed by atoms with Gasteiger partial charge in [-0.15, -0.1) is 0 Å². The molecule has 6 heteroatoms. The molecule has 0 radical (unpaired) electrons. The molecule has 0 aromatic heterocycles. The molecule has 2 amide bonds. The van der Waals surface area contributed by atoms with Crippen molar-refractivity contribution in [1.82, 2.24) is 10.2 Å². The van der Waals surface area contributed by atoms with E-state index in [1.54, 1.807) is 12.1 Å². The van der Waals surface area contributed by atoms with E-state index in [1.165, 1.54) is 12.1 Å². The van der Waals surface area contributed by atoms with E-state index in [9.17, 15) is 9.18 Å². The minimum atomic E-state index is -0.456. The number of nitrogens with zero attached hydrogens (tertiary/aromatic N) is 1. The minimum Gasteiger partial charge on any atom is -0.379 e. The zero-order valence-corrected chi connectivity index (χ0v) is 14.9. The zero-order valence-electron chi connectivity index (χ0n) is 14.9. The lowest BCUT2D eigenvalue weighted by atomic mass is 10.0. The van der Waals surface area contributed by atoms with Gasteiger partial charge < -0.3 is 15.4 Å². The highest BCUT2D eigenvalue weighted by molar-refractivity contribution is 5.89. The SMILES string of the molecule is Cc1ccc([C@H](CN2CCOCC2)NC(=O)Nc2ccccc2F)cc1. The molecule has 0 saturated carbocycles. The van der Waals surface area contributed by atoms with E-state index in [0.29, 0.717) is 19.8 Å². The summed E-state index contributed by atoms with van der Waals surface area (Å²) in [6, 6.07) is 13.6. The first-order valence-electron chi connectivity index (χ1n) is 8.80. The smallest absolute Gasteiger partial charge is 0.319 e. The normalized spacial score (nSPS) is 16.1. The van der Waals surface area contributed by atoms with Crippen molar-refractivity contribution in [3.8, 4) is 0 Å². The first kappa shape index (κ1) is 18.4. The number of carbonyl (C=O) groups excluding carboxylic acids is 1. The van der Waals surface area contributed by atoms with Gasteiger partial charge in [-0.1, -0.05) is 42.0 Å². The van der Waals surface area contributed by atoms with Crippen molar-refractivity contribution in [2.24, 2.45) is 0 Å². The number of aryl methyl sites for hydroxylation is 1. The average molecular weight is 357 g/mol. The standard InChI is InChI=1S/C20H24FN3O2/c1-15-6-8-16(9-7-15)19(14-24-10-12-26-13-11-24)23-20(25)22-18-5-3-2-4-17(18)21/h2-9,19H,10-14H2,1H3,(H2,22,23,25)/t19-/m0/s1. The van der Waals surface area contributed by atoms with E-state index in [4.69, 9.17) is 4.74 Å². The lowest BCUT2D eigenvalue weighted by Gasteiger charge is -2.31. The van der Waals surface area contributed by atoms with Crippen molar-refractivity contribution in [2.45, 2.75) is 13.0 Å². The number of para-hydroxylation sites is 1. The summed E-state index contributed by atoms with van der Waals surface area (Å²) < 4.78 is 19.2. The third-order valence-electron chi connectivity index (χ3n) is 4.45. The summed E-state index contributed by atoms with van der Waals surface area (Å²) in [6.45, 7) is 5.76. The number of anilines is 1. The topological polar surface area (TPSA) is 53.6 Å². The van der Waals surface area contributed by atoms with Gasteiger partial charge in [-0.3, -0.25) is 4.90 Å². The molecule has 0 unspecified atom stereocenters. The molecule has 3 rings (SSSR count). The molecule has 1 heterocycles. The van der Waals surface area contributed by atoms with E-state index < -0.39 is 11.8 Å². The van der Waals surface area contributed by atoms with Gasteiger partial charge in [0.25, 0.3) is 0 Å². The maximum atomic E-state index is 13.8. The lowest BCUT2D eigenvalue weighted by Crippen LogP contribution is -2.44. The fourth-order valence-corrected chi connectivity index (χ4v) is 2.95. The Bertz CT molecular complexity index is 730. The van der Waals surface area contributed by atoms with Crippen molar-refractivity contribution < 1.29 is 13.9 Å². The maximum absolute atomic E-state index is 13.8.